The van der Waals surface area contributed by atoms with Gasteiger partial charge in [-0.2, -0.15) is 0 Å². The molecule has 22 heavy (non-hydrogen) atoms. The third-order valence-electron chi connectivity index (χ3n) is 3.64. The molecule has 0 spiro atoms. The molecule has 1 atom stereocenters. The van der Waals surface area contributed by atoms with Gasteiger partial charge in [-0.3, -0.25) is 0 Å². The monoisotopic (exact) mass is 292 g/mol. The van der Waals surface area contributed by atoms with E-state index in [9.17, 15) is 4.79 Å². The molecule has 1 unspecified atom stereocenters. The Kier molecular flexibility index (Phi) is 3.79. The lowest BCUT2D eigenvalue weighted by Gasteiger charge is -2.15. The lowest BCUT2D eigenvalue weighted by atomic mass is 10.1. The molecule has 0 aliphatic rings. The third-order valence-corrected chi connectivity index (χ3v) is 3.64. The minimum atomic E-state index is -0.917. The van der Waals surface area contributed by atoms with Crippen molar-refractivity contribution >= 4 is 16.7 Å². The number of carboxylic acids is 1. The highest BCUT2D eigenvalue weighted by Gasteiger charge is 2.08. The Morgan fingerprint density at radius 1 is 0.955 bits per heavy atom. The van der Waals surface area contributed by atoms with Crippen molar-refractivity contribution in [3.05, 3.63) is 77.9 Å². The van der Waals surface area contributed by atoms with Crippen molar-refractivity contribution in [2.75, 3.05) is 0 Å². The second-order valence-corrected chi connectivity index (χ2v) is 5.20. The summed E-state index contributed by atoms with van der Waals surface area (Å²) in [5.41, 5.74) is 1.41. The van der Waals surface area contributed by atoms with E-state index in [2.05, 4.69) is 0 Å². The Balaban J connectivity index is 1.86. The highest BCUT2D eigenvalue weighted by Crippen LogP contribution is 2.26. The van der Waals surface area contributed by atoms with E-state index >= 15 is 0 Å². The summed E-state index contributed by atoms with van der Waals surface area (Å²) < 4.78 is 5.97. The molecular formula is C19H16O3. The Morgan fingerprint density at radius 3 is 2.36 bits per heavy atom. The predicted molar refractivity (Wildman–Crippen MR) is 86.4 cm³/mol. The van der Waals surface area contributed by atoms with E-state index in [0.717, 1.165) is 22.1 Å². The van der Waals surface area contributed by atoms with E-state index < -0.39 is 5.97 Å². The molecule has 3 aromatic rings. The first-order valence-corrected chi connectivity index (χ1v) is 7.12. The zero-order valence-electron chi connectivity index (χ0n) is 12.2. The van der Waals surface area contributed by atoms with Crippen molar-refractivity contribution in [1.29, 1.82) is 0 Å². The number of fused-ring (bicyclic) bond motifs is 1. The fourth-order valence-electron chi connectivity index (χ4n) is 2.43. The zero-order chi connectivity index (χ0) is 15.5. The smallest absolute Gasteiger partial charge is 0.335 e. The van der Waals surface area contributed by atoms with Gasteiger partial charge in [0.25, 0.3) is 0 Å². The maximum atomic E-state index is 11.0. The molecule has 3 nitrogen and oxygen atoms in total. The van der Waals surface area contributed by atoms with Crippen LogP contribution in [0.2, 0.25) is 0 Å². The third kappa shape index (κ3) is 2.93. The molecule has 3 aromatic carbocycles. The van der Waals surface area contributed by atoms with Gasteiger partial charge in [-0.15, -0.1) is 0 Å². The summed E-state index contributed by atoms with van der Waals surface area (Å²) in [6.45, 7) is 2.01. The zero-order valence-corrected chi connectivity index (χ0v) is 12.2. The second-order valence-electron chi connectivity index (χ2n) is 5.20. The van der Waals surface area contributed by atoms with Gasteiger partial charge in [-0.1, -0.05) is 42.5 Å². The van der Waals surface area contributed by atoms with E-state index in [1.54, 1.807) is 18.2 Å². The van der Waals surface area contributed by atoms with Crippen LogP contribution in [-0.2, 0) is 0 Å². The molecule has 0 aromatic heterocycles. The van der Waals surface area contributed by atoms with Crippen LogP contribution in [0, 0.1) is 0 Å². The highest BCUT2D eigenvalue weighted by molar-refractivity contribution is 5.94. The van der Waals surface area contributed by atoms with Crippen molar-refractivity contribution in [2.24, 2.45) is 0 Å². The summed E-state index contributed by atoms with van der Waals surface area (Å²) in [7, 11) is 0. The fraction of sp³-hybridized carbons (Fsp3) is 0.105. The molecule has 0 saturated heterocycles. The van der Waals surface area contributed by atoms with Gasteiger partial charge in [0.15, 0.2) is 0 Å². The van der Waals surface area contributed by atoms with E-state index in [1.807, 2.05) is 55.5 Å². The second kappa shape index (κ2) is 5.90. The first-order chi connectivity index (χ1) is 10.6. The number of carbonyl (C=O) groups is 1. The summed E-state index contributed by atoms with van der Waals surface area (Å²) >= 11 is 0. The maximum absolute atomic E-state index is 11.0. The van der Waals surface area contributed by atoms with Gasteiger partial charge >= 0.3 is 5.97 Å². The van der Waals surface area contributed by atoms with Crippen LogP contribution in [-0.4, -0.2) is 11.1 Å². The number of rotatable bonds is 4. The molecule has 0 aliphatic heterocycles. The Hall–Kier alpha value is -2.81. The average molecular weight is 292 g/mol. The minimum absolute atomic E-state index is 0.0445. The van der Waals surface area contributed by atoms with Gasteiger partial charge < -0.3 is 9.84 Å². The Labute approximate surface area is 128 Å². The largest absolute Gasteiger partial charge is 0.486 e. The van der Waals surface area contributed by atoms with E-state index in [-0.39, 0.29) is 6.10 Å². The van der Waals surface area contributed by atoms with Gasteiger partial charge in [0.2, 0.25) is 0 Å². The number of ether oxygens (including phenoxy) is 1. The highest BCUT2D eigenvalue weighted by atomic mass is 16.5. The topological polar surface area (TPSA) is 46.5 Å². The van der Waals surface area contributed by atoms with Crippen molar-refractivity contribution in [2.45, 2.75) is 13.0 Å². The molecule has 0 aliphatic carbocycles. The van der Waals surface area contributed by atoms with Crippen LogP contribution >= 0.6 is 0 Å². The van der Waals surface area contributed by atoms with Crippen molar-refractivity contribution in [1.82, 2.24) is 0 Å². The molecule has 0 amide bonds. The number of aromatic carboxylic acids is 1. The van der Waals surface area contributed by atoms with E-state index in [0.29, 0.717) is 5.56 Å². The summed E-state index contributed by atoms with van der Waals surface area (Å²) in [6.07, 6.45) is -0.0445. The molecule has 3 rings (SSSR count). The molecule has 1 N–H and O–H groups in total. The lowest BCUT2D eigenvalue weighted by Crippen LogP contribution is -2.02. The minimum Gasteiger partial charge on any atom is -0.486 e. The van der Waals surface area contributed by atoms with Crippen molar-refractivity contribution in [3.63, 3.8) is 0 Å². The first-order valence-electron chi connectivity index (χ1n) is 7.12. The van der Waals surface area contributed by atoms with Gasteiger partial charge in [0, 0.05) is 0 Å². The summed E-state index contributed by atoms with van der Waals surface area (Å²) in [5, 5.41) is 10.9. The molecule has 0 heterocycles. The molecule has 3 heteroatoms. The Morgan fingerprint density at radius 2 is 1.64 bits per heavy atom. The van der Waals surface area contributed by atoms with Crippen molar-refractivity contribution < 1.29 is 14.6 Å². The van der Waals surface area contributed by atoms with E-state index in [4.69, 9.17) is 9.84 Å². The van der Waals surface area contributed by atoms with Gasteiger partial charge in [0.05, 0.1) is 5.56 Å². The van der Waals surface area contributed by atoms with Crippen LogP contribution in [0.15, 0.2) is 66.7 Å². The quantitative estimate of drug-likeness (QED) is 0.759. The average Bonchev–Trinajstić information content (AvgIpc) is 2.55. The summed E-state index contributed by atoms with van der Waals surface area (Å²) in [5.74, 6) is -0.146. The van der Waals surface area contributed by atoms with Gasteiger partial charge in [0.1, 0.15) is 11.9 Å². The van der Waals surface area contributed by atoms with Crippen LogP contribution in [0.3, 0.4) is 0 Å². The fourth-order valence-corrected chi connectivity index (χ4v) is 2.43. The van der Waals surface area contributed by atoms with Gasteiger partial charge in [-0.05, 0) is 47.5 Å². The molecule has 110 valence electrons. The van der Waals surface area contributed by atoms with Crippen LogP contribution in [0.1, 0.15) is 28.9 Å². The number of carboxylic acid groups (broad SMARTS) is 1. The summed E-state index contributed by atoms with van der Waals surface area (Å²) in [4.78, 5) is 11.0. The molecule has 0 bridgehead atoms. The maximum Gasteiger partial charge on any atom is 0.335 e. The van der Waals surface area contributed by atoms with Gasteiger partial charge in [-0.25, -0.2) is 4.79 Å². The molecule has 0 radical (unpaired) electrons. The first kappa shape index (κ1) is 14.1. The molecule has 0 fully saturated rings. The van der Waals surface area contributed by atoms with Crippen LogP contribution in [0.25, 0.3) is 10.8 Å². The number of benzene rings is 3. The normalized spacial score (nSPS) is 12.0. The number of hydrogen-bond acceptors (Lipinski definition) is 2. The molecular weight excluding hydrogens is 276 g/mol. The SMILES string of the molecule is CC(Oc1ccc2cc(C(=O)O)ccc2c1)c1ccccc1. The van der Waals surface area contributed by atoms with Crippen molar-refractivity contribution in [3.8, 4) is 5.75 Å². The van der Waals surface area contributed by atoms with Crippen LogP contribution in [0.4, 0.5) is 0 Å². The lowest BCUT2D eigenvalue weighted by molar-refractivity contribution is 0.0697. The Bertz CT molecular complexity index is 809. The molecule has 0 saturated carbocycles. The van der Waals surface area contributed by atoms with Crippen LogP contribution in [0.5, 0.6) is 5.75 Å². The van der Waals surface area contributed by atoms with Crippen LogP contribution < -0.4 is 4.74 Å². The summed E-state index contributed by atoms with van der Waals surface area (Å²) in [6, 6.07) is 20.8. The predicted octanol–water partition coefficient (Wildman–Crippen LogP) is 4.68. The van der Waals surface area contributed by atoms with E-state index in [1.165, 1.54) is 0 Å². The number of hydrogen-bond donors (Lipinski definition) is 1. The standard InChI is InChI=1S/C19H16O3/c1-13(14-5-3-2-4-6-14)22-18-10-9-15-11-17(19(20)21)8-7-16(15)12-18/h2-13H,1H3,(H,20,21).